The highest BCUT2D eigenvalue weighted by Gasteiger charge is 2.25. The fraction of sp³-hybridized carbons (Fsp3) is 0.538. The Bertz CT molecular complexity index is 540. The molecule has 2 aromatic heterocycles. The average molecular weight is 230 g/mol. The van der Waals surface area contributed by atoms with Crippen molar-refractivity contribution in [2.45, 2.75) is 45.1 Å². The zero-order chi connectivity index (χ0) is 11.8. The van der Waals surface area contributed by atoms with E-state index < -0.39 is 0 Å². The van der Waals surface area contributed by atoms with Crippen LogP contribution in [0.4, 0.5) is 5.69 Å². The van der Waals surface area contributed by atoms with Crippen LogP contribution in [0, 0.1) is 0 Å². The molecular weight excluding hydrogens is 212 g/mol. The monoisotopic (exact) mass is 230 g/mol. The van der Waals surface area contributed by atoms with Crippen molar-refractivity contribution in [2.24, 2.45) is 0 Å². The second-order valence-corrected chi connectivity index (χ2v) is 4.86. The van der Waals surface area contributed by atoms with Gasteiger partial charge >= 0.3 is 0 Å². The van der Waals surface area contributed by atoms with E-state index in [2.05, 4.69) is 16.5 Å². The van der Waals surface area contributed by atoms with E-state index in [1.165, 1.54) is 25.1 Å². The fourth-order valence-electron chi connectivity index (χ4n) is 2.47. The lowest BCUT2D eigenvalue weighted by Crippen LogP contribution is -2.15. The van der Waals surface area contributed by atoms with Crippen LogP contribution in [0.2, 0.25) is 0 Å². The number of hydrogen-bond acceptors (Lipinski definition) is 3. The predicted octanol–water partition coefficient (Wildman–Crippen LogP) is 2.69. The molecule has 3 rings (SSSR count). The third-order valence-corrected chi connectivity index (χ3v) is 3.55. The summed E-state index contributed by atoms with van der Waals surface area (Å²) in [6.45, 7) is 3.19. The Morgan fingerprint density at radius 1 is 1.47 bits per heavy atom. The van der Waals surface area contributed by atoms with Gasteiger partial charge < -0.3 is 10.3 Å². The van der Waals surface area contributed by atoms with Gasteiger partial charge in [0.1, 0.15) is 11.3 Å². The molecule has 0 amide bonds. The molecule has 0 aromatic carbocycles. The minimum absolute atomic E-state index is 0.636. The van der Waals surface area contributed by atoms with E-state index in [1.807, 2.05) is 6.07 Å². The SMILES string of the molecule is CCCn1c(C2CCC2)nc2cc(N)cnc21. The number of aryl methyl sites for hydroxylation is 1. The molecule has 1 aliphatic rings. The number of fused-ring (bicyclic) bond motifs is 1. The third-order valence-electron chi connectivity index (χ3n) is 3.55. The number of hydrogen-bond donors (Lipinski definition) is 1. The van der Waals surface area contributed by atoms with Gasteiger partial charge in [0.25, 0.3) is 0 Å². The molecule has 4 nitrogen and oxygen atoms in total. The summed E-state index contributed by atoms with van der Waals surface area (Å²) in [7, 11) is 0. The maximum atomic E-state index is 5.77. The highest BCUT2D eigenvalue weighted by atomic mass is 15.1. The number of anilines is 1. The molecule has 1 aliphatic carbocycles. The smallest absolute Gasteiger partial charge is 0.160 e. The highest BCUT2D eigenvalue weighted by Crippen LogP contribution is 2.37. The Hall–Kier alpha value is -1.58. The van der Waals surface area contributed by atoms with E-state index in [0.29, 0.717) is 11.6 Å². The maximum absolute atomic E-state index is 5.77. The van der Waals surface area contributed by atoms with Crippen LogP contribution < -0.4 is 5.73 Å². The minimum atomic E-state index is 0.636. The molecule has 0 spiro atoms. The summed E-state index contributed by atoms with van der Waals surface area (Å²) in [5.41, 5.74) is 8.39. The lowest BCUT2D eigenvalue weighted by atomic mass is 9.85. The van der Waals surface area contributed by atoms with Gasteiger partial charge in [0.05, 0.1) is 11.9 Å². The van der Waals surface area contributed by atoms with Gasteiger partial charge in [-0.25, -0.2) is 9.97 Å². The number of nitrogens with two attached hydrogens (primary N) is 1. The molecule has 0 unspecified atom stereocenters. The normalized spacial score (nSPS) is 16.3. The number of pyridine rings is 1. The van der Waals surface area contributed by atoms with Crippen LogP contribution >= 0.6 is 0 Å². The van der Waals surface area contributed by atoms with E-state index >= 15 is 0 Å². The largest absolute Gasteiger partial charge is 0.397 e. The summed E-state index contributed by atoms with van der Waals surface area (Å²) >= 11 is 0. The van der Waals surface area contributed by atoms with E-state index in [9.17, 15) is 0 Å². The first kappa shape index (κ1) is 10.6. The number of rotatable bonds is 3. The zero-order valence-electron chi connectivity index (χ0n) is 10.2. The first-order chi connectivity index (χ1) is 8.29. The molecule has 17 heavy (non-hydrogen) atoms. The van der Waals surface area contributed by atoms with Crippen molar-refractivity contribution in [1.82, 2.24) is 14.5 Å². The highest BCUT2D eigenvalue weighted by molar-refractivity contribution is 5.75. The van der Waals surface area contributed by atoms with Gasteiger partial charge in [0.15, 0.2) is 5.65 Å². The maximum Gasteiger partial charge on any atom is 0.160 e. The van der Waals surface area contributed by atoms with E-state index in [0.717, 1.165) is 24.1 Å². The Balaban J connectivity index is 2.14. The molecule has 1 fully saturated rings. The van der Waals surface area contributed by atoms with Crippen molar-refractivity contribution in [1.29, 1.82) is 0 Å². The number of nitrogen functional groups attached to an aromatic ring is 1. The van der Waals surface area contributed by atoms with E-state index in [-0.39, 0.29) is 0 Å². The fourth-order valence-corrected chi connectivity index (χ4v) is 2.47. The van der Waals surface area contributed by atoms with E-state index in [4.69, 9.17) is 10.7 Å². The summed E-state index contributed by atoms with van der Waals surface area (Å²) in [5, 5.41) is 0. The topological polar surface area (TPSA) is 56.7 Å². The summed E-state index contributed by atoms with van der Waals surface area (Å²) < 4.78 is 2.28. The summed E-state index contributed by atoms with van der Waals surface area (Å²) in [6.07, 6.45) is 6.69. The van der Waals surface area contributed by atoms with Crippen LogP contribution in [0.3, 0.4) is 0 Å². The minimum Gasteiger partial charge on any atom is -0.397 e. The molecule has 0 radical (unpaired) electrons. The van der Waals surface area contributed by atoms with Gasteiger partial charge in [-0.3, -0.25) is 0 Å². The molecule has 0 atom stereocenters. The Morgan fingerprint density at radius 3 is 2.94 bits per heavy atom. The quantitative estimate of drug-likeness (QED) is 0.882. The van der Waals surface area contributed by atoms with Crippen molar-refractivity contribution in [3.63, 3.8) is 0 Å². The van der Waals surface area contributed by atoms with Crippen LogP contribution in [0.15, 0.2) is 12.3 Å². The van der Waals surface area contributed by atoms with Crippen molar-refractivity contribution >= 4 is 16.9 Å². The van der Waals surface area contributed by atoms with Gasteiger partial charge in [-0.2, -0.15) is 0 Å². The van der Waals surface area contributed by atoms with Gasteiger partial charge in [0.2, 0.25) is 0 Å². The number of nitrogens with zero attached hydrogens (tertiary/aromatic N) is 3. The number of imidazole rings is 1. The molecule has 2 N–H and O–H groups in total. The van der Waals surface area contributed by atoms with Crippen LogP contribution in [-0.2, 0) is 6.54 Å². The van der Waals surface area contributed by atoms with Crippen molar-refractivity contribution in [2.75, 3.05) is 5.73 Å². The van der Waals surface area contributed by atoms with Crippen LogP contribution in [0.1, 0.15) is 44.3 Å². The second kappa shape index (κ2) is 4.02. The summed E-state index contributed by atoms with van der Waals surface area (Å²) in [4.78, 5) is 9.17. The van der Waals surface area contributed by atoms with Crippen LogP contribution in [0.5, 0.6) is 0 Å². The molecule has 90 valence electrons. The van der Waals surface area contributed by atoms with Gasteiger partial charge in [-0.05, 0) is 25.3 Å². The molecule has 1 saturated carbocycles. The Morgan fingerprint density at radius 2 is 2.29 bits per heavy atom. The zero-order valence-corrected chi connectivity index (χ0v) is 10.2. The van der Waals surface area contributed by atoms with Gasteiger partial charge in [0, 0.05) is 12.5 Å². The van der Waals surface area contributed by atoms with Crippen LogP contribution in [0.25, 0.3) is 11.2 Å². The lowest BCUT2D eigenvalue weighted by molar-refractivity contribution is 0.388. The van der Waals surface area contributed by atoms with Crippen LogP contribution in [-0.4, -0.2) is 14.5 Å². The molecule has 0 bridgehead atoms. The Labute approximate surface area is 101 Å². The van der Waals surface area contributed by atoms with Crippen molar-refractivity contribution < 1.29 is 0 Å². The van der Waals surface area contributed by atoms with E-state index in [1.54, 1.807) is 6.20 Å². The van der Waals surface area contributed by atoms with Gasteiger partial charge in [-0.15, -0.1) is 0 Å². The summed E-state index contributed by atoms with van der Waals surface area (Å²) in [5.74, 6) is 1.85. The Kier molecular flexibility index (Phi) is 2.50. The second-order valence-electron chi connectivity index (χ2n) is 4.86. The molecule has 2 aromatic rings. The molecule has 0 saturated heterocycles. The van der Waals surface area contributed by atoms with Gasteiger partial charge in [-0.1, -0.05) is 13.3 Å². The molecule has 0 aliphatic heterocycles. The first-order valence-electron chi connectivity index (χ1n) is 6.41. The van der Waals surface area contributed by atoms with Crippen molar-refractivity contribution in [3.8, 4) is 0 Å². The third kappa shape index (κ3) is 1.68. The molecule has 4 heteroatoms. The summed E-state index contributed by atoms with van der Waals surface area (Å²) in [6, 6.07) is 1.93. The molecule has 2 heterocycles. The molecular formula is C13H18N4. The first-order valence-corrected chi connectivity index (χ1v) is 6.41. The number of aromatic nitrogens is 3. The predicted molar refractivity (Wildman–Crippen MR) is 68.8 cm³/mol. The lowest BCUT2D eigenvalue weighted by Gasteiger charge is -2.25. The standard InChI is InChI=1S/C13H18N4/c1-2-6-17-12(9-4-3-5-9)16-11-7-10(14)8-15-13(11)17/h7-9H,2-6,14H2,1H3. The average Bonchev–Trinajstić information content (AvgIpc) is 2.55. The van der Waals surface area contributed by atoms with Crippen molar-refractivity contribution in [3.05, 3.63) is 18.1 Å².